The Morgan fingerprint density at radius 2 is 1.79 bits per heavy atom. The van der Waals surface area contributed by atoms with Crippen molar-refractivity contribution in [3.05, 3.63) is 88.4 Å². The third-order valence-corrected chi connectivity index (χ3v) is 8.23. The number of rotatable bonds is 0. The van der Waals surface area contributed by atoms with Crippen LogP contribution in [0.1, 0.15) is 42.6 Å². The van der Waals surface area contributed by atoms with Gasteiger partial charge in [0.25, 0.3) is 5.91 Å². The maximum Gasteiger partial charge on any atom is 0.277 e. The fraction of sp³-hybridized carbons (Fsp3) is 0.429. The van der Waals surface area contributed by atoms with E-state index in [2.05, 4.69) is 59.7 Å². The second-order valence-electron chi connectivity index (χ2n) is 10.1. The molecule has 6 nitrogen and oxygen atoms in total. The van der Waals surface area contributed by atoms with Crippen molar-refractivity contribution in [3.63, 3.8) is 0 Å². The predicted molar refractivity (Wildman–Crippen MR) is 132 cm³/mol. The molecule has 1 aromatic rings. The van der Waals surface area contributed by atoms with Crippen LogP contribution in [0, 0.1) is 23.7 Å². The Hall–Kier alpha value is -3.28. The van der Waals surface area contributed by atoms with E-state index >= 15 is 0 Å². The van der Waals surface area contributed by atoms with Crippen LogP contribution in [-0.2, 0) is 0 Å². The van der Waals surface area contributed by atoms with Crippen LogP contribution in [0.25, 0.3) is 0 Å². The second-order valence-corrected chi connectivity index (χ2v) is 10.1. The quantitative estimate of drug-likeness (QED) is 0.642. The molecule has 1 fully saturated rings. The molecule has 176 valence electrons. The molecule has 4 unspecified atom stereocenters. The van der Waals surface area contributed by atoms with Crippen molar-refractivity contribution in [1.29, 1.82) is 0 Å². The van der Waals surface area contributed by atoms with Crippen molar-refractivity contribution in [2.45, 2.75) is 38.1 Å². The number of aromatic hydroxyl groups is 1. The molecule has 5 aliphatic rings. The summed E-state index contributed by atoms with van der Waals surface area (Å²) in [6.45, 7) is 1.06. The summed E-state index contributed by atoms with van der Waals surface area (Å²) in [7, 11) is 0. The molecule has 1 saturated carbocycles. The minimum atomic E-state index is -0.510. The van der Waals surface area contributed by atoms with E-state index in [1.165, 1.54) is 11.6 Å². The van der Waals surface area contributed by atoms with Crippen LogP contribution < -0.4 is 10.4 Å². The SMILES string of the molecule is O=C1c2c(O)c(=O)ccn2N2CN1CCCC/C=C\C1=CC=CC3CCC4C=CC=CC4[C@@H]2C13. The minimum absolute atomic E-state index is 0.0650. The van der Waals surface area contributed by atoms with Crippen molar-refractivity contribution >= 4 is 5.91 Å². The van der Waals surface area contributed by atoms with Crippen molar-refractivity contribution in [1.82, 2.24) is 9.58 Å². The van der Waals surface area contributed by atoms with Crippen LogP contribution in [0.5, 0.6) is 5.75 Å². The predicted octanol–water partition coefficient (Wildman–Crippen LogP) is 3.89. The second kappa shape index (κ2) is 8.49. The van der Waals surface area contributed by atoms with E-state index in [0.717, 1.165) is 32.1 Å². The summed E-state index contributed by atoms with van der Waals surface area (Å²) in [6.07, 6.45) is 27.1. The lowest BCUT2D eigenvalue weighted by molar-refractivity contribution is 0.0650. The third-order valence-electron chi connectivity index (χ3n) is 8.23. The number of pyridine rings is 1. The molecule has 1 N–H and O–H groups in total. The van der Waals surface area contributed by atoms with E-state index in [1.807, 2.05) is 4.90 Å². The fourth-order valence-electron chi connectivity index (χ4n) is 6.60. The number of fused-ring (bicyclic) bond motifs is 7. The zero-order chi connectivity index (χ0) is 23.2. The Morgan fingerprint density at radius 1 is 0.971 bits per heavy atom. The van der Waals surface area contributed by atoms with Gasteiger partial charge in [0.2, 0.25) is 5.43 Å². The molecule has 3 aliphatic carbocycles. The van der Waals surface area contributed by atoms with Gasteiger partial charge in [-0.1, -0.05) is 54.7 Å². The van der Waals surface area contributed by atoms with E-state index in [-0.39, 0.29) is 29.5 Å². The van der Waals surface area contributed by atoms with E-state index in [1.54, 1.807) is 10.9 Å². The van der Waals surface area contributed by atoms with Gasteiger partial charge in [-0.3, -0.25) is 19.3 Å². The molecule has 0 spiro atoms. The molecule has 6 heteroatoms. The first-order valence-electron chi connectivity index (χ1n) is 12.5. The molecule has 1 amide bonds. The average Bonchev–Trinajstić information content (AvgIpc) is 3.01. The molecule has 6 rings (SSSR count). The summed E-state index contributed by atoms with van der Waals surface area (Å²) >= 11 is 0. The molecule has 3 heterocycles. The average molecular weight is 458 g/mol. The summed E-state index contributed by atoms with van der Waals surface area (Å²) in [5, 5.41) is 13.0. The van der Waals surface area contributed by atoms with E-state index < -0.39 is 11.2 Å². The van der Waals surface area contributed by atoms with Crippen LogP contribution in [0.2, 0.25) is 0 Å². The van der Waals surface area contributed by atoms with Gasteiger partial charge in [0.05, 0.1) is 6.04 Å². The smallest absolute Gasteiger partial charge is 0.277 e. The van der Waals surface area contributed by atoms with Gasteiger partial charge in [0.1, 0.15) is 6.67 Å². The molecule has 34 heavy (non-hydrogen) atoms. The van der Waals surface area contributed by atoms with Crippen LogP contribution >= 0.6 is 0 Å². The standard InChI is InChI=1S/C28H31N3O3/c32-23-15-17-30-26(27(23)33)28(34)29-16-6-2-1-3-9-20-10-7-11-21-14-13-19-8-4-5-12-22(19)25(24(20)21)31(30)18-29/h3-5,7-12,15,17,19,21-22,24-25,33H,1-2,6,13-14,16,18H2/b9-3-/t19?,21?,22?,24?,25-/m1/s1. The van der Waals surface area contributed by atoms with Crippen molar-refractivity contribution in [3.8, 4) is 5.75 Å². The monoisotopic (exact) mass is 457 g/mol. The van der Waals surface area contributed by atoms with Gasteiger partial charge >= 0.3 is 0 Å². The number of carbonyl (C=O) groups is 1. The molecule has 1 aromatic heterocycles. The van der Waals surface area contributed by atoms with Gasteiger partial charge in [-0.2, -0.15) is 0 Å². The van der Waals surface area contributed by atoms with E-state index in [9.17, 15) is 14.7 Å². The van der Waals surface area contributed by atoms with Gasteiger partial charge in [-0.15, -0.1) is 0 Å². The normalized spacial score (nSPS) is 33.0. The van der Waals surface area contributed by atoms with Crippen LogP contribution in [-0.4, -0.2) is 39.8 Å². The van der Waals surface area contributed by atoms with Crippen LogP contribution in [0.3, 0.4) is 0 Å². The van der Waals surface area contributed by atoms with Crippen LogP contribution in [0.4, 0.5) is 0 Å². The molecule has 0 saturated heterocycles. The number of nitrogens with zero attached hydrogens (tertiary/aromatic N) is 3. The molecule has 2 aliphatic heterocycles. The first kappa shape index (κ1) is 21.3. The highest BCUT2D eigenvalue weighted by Gasteiger charge is 2.47. The van der Waals surface area contributed by atoms with Crippen molar-refractivity contribution in [2.24, 2.45) is 23.7 Å². The maximum absolute atomic E-state index is 13.4. The van der Waals surface area contributed by atoms with E-state index in [0.29, 0.717) is 25.0 Å². The number of allylic oxidation sites excluding steroid dienone is 8. The molecule has 0 aromatic carbocycles. The van der Waals surface area contributed by atoms with Gasteiger partial charge in [-0.25, -0.2) is 0 Å². The fourth-order valence-corrected chi connectivity index (χ4v) is 6.60. The van der Waals surface area contributed by atoms with Gasteiger partial charge in [0.15, 0.2) is 11.4 Å². The Labute approximate surface area is 199 Å². The Morgan fingerprint density at radius 3 is 2.71 bits per heavy atom. The first-order chi connectivity index (χ1) is 16.6. The number of carbonyl (C=O) groups excluding carboxylic acids is 1. The highest BCUT2D eigenvalue weighted by atomic mass is 16.3. The Kier molecular flexibility index (Phi) is 5.31. The number of aromatic nitrogens is 1. The third kappa shape index (κ3) is 3.39. The lowest BCUT2D eigenvalue weighted by Crippen LogP contribution is -2.62. The first-order valence-corrected chi connectivity index (χ1v) is 12.5. The maximum atomic E-state index is 13.4. The lowest BCUT2D eigenvalue weighted by atomic mass is 9.72. The summed E-state index contributed by atoms with van der Waals surface area (Å²) in [6, 6.07) is 1.44. The zero-order valence-corrected chi connectivity index (χ0v) is 19.3. The summed E-state index contributed by atoms with van der Waals surface area (Å²) in [5.74, 6) is 0.600. The van der Waals surface area contributed by atoms with Crippen LogP contribution in [0.15, 0.2) is 77.3 Å². The molecular weight excluding hydrogens is 426 g/mol. The zero-order valence-electron chi connectivity index (χ0n) is 19.3. The Balaban J connectivity index is 1.58. The molecule has 2 bridgehead atoms. The highest BCUT2D eigenvalue weighted by Crippen LogP contribution is 2.46. The number of amides is 1. The van der Waals surface area contributed by atoms with Crippen molar-refractivity contribution < 1.29 is 9.90 Å². The van der Waals surface area contributed by atoms with E-state index in [4.69, 9.17) is 0 Å². The van der Waals surface area contributed by atoms with Gasteiger partial charge in [0, 0.05) is 30.6 Å². The number of hydrogen-bond donors (Lipinski definition) is 1. The van der Waals surface area contributed by atoms with Gasteiger partial charge in [-0.05, 0) is 49.5 Å². The number of hydrogen-bond acceptors (Lipinski definition) is 4. The highest BCUT2D eigenvalue weighted by molar-refractivity contribution is 5.96. The summed E-state index contributed by atoms with van der Waals surface area (Å²) in [4.78, 5) is 27.6. The molecule has 5 atom stereocenters. The lowest BCUT2D eigenvalue weighted by Gasteiger charge is -2.50. The summed E-state index contributed by atoms with van der Waals surface area (Å²) in [5.41, 5.74) is 0.914. The summed E-state index contributed by atoms with van der Waals surface area (Å²) < 4.78 is 1.78. The molecule has 0 radical (unpaired) electrons. The van der Waals surface area contributed by atoms with Crippen molar-refractivity contribution in [2.75, 3.05) is 18.2 Å². The topological polar surface area (TPSA) is 65.8 Å². The van der Waals surface area contributed by atoms with Gasteiger partial charge < -0.3 is 10.0 Å². The molecular formula is C28H31N3O3. The largest absolute Gasteiger partial charge is 0.502 e. The minimum Gasteiger partial charge on any atom is -0.502 e. The Bertz CT molecular complexity index is 1200.